The van der Waals surface area contributed by atoms with Crippen molar-refractivity contribution in [3.05, 3.63) is 107 Å². The molecular weight excluding hydrogens is 428 g/mol. The number of aryl methyl sites for hydroxylation is 1. The van der Waals surface area contributed by atoms with Gasteiger partial charge in [0.15, 0.2) is 11.4 Å². The van der Waals surface area contributed by atoms with E-state index in [0.29, 0.717) is 29.2 Å². The second kappa shape index (κ2) is 10.5. The number of hydrogen-bond acceptors (Lipinski definition) is 5. The van der Waals surface area contributed by atoms with Crippen molar-refractivity contribution in [2.45, 2.75) is 20.3 Å². The van der Waals surface area contributed by atoms with Crippen LogP contribution in [0.1, 0.15) is 29.3 Å². The fourth-order valence-electron chi connectivity index (χ4n) is 3.41. The molecule has 4 aromatic rings. The summed E-state index contributed by atoms with van der Waals surface area (Å²) in [5, 5.41) is 10.3. The molecule has 1 amide bonds. The lowest BCUT2D eigenvalue weighted by molar-refractivity contribution is 0.0953. The van der Waals surface area contributed by atoms with Crippen molar-refractivity contribution in [1.29, 1.82) is 0 Å². The molecule has 7 heteroatoms. The molecule has 34 heavy (non-hydrogen) atoms. The van der Waals surface area contributed by atoms with E-state index < -0.39 is 0 Å². The summed E-state index contributed by atoms with van der Waals surface area (Å²) < 4.78 is 7.36. The van der Waals surface area contributed by atoms with Gasteiger partial charge < -0.3 is 15.4 Å². The van der Waals surface area contributed by atoms with E-state index in [1.807, 2.05) is 56.3 Å². The van der Waals surface area contributed by atoms with Gasteiger partial charge in [0.25, 0.3) is 11.5 Å². The molecule has 0 aliphatic carbocycles. The highest BCUT2D eigenvalue weighted by molar-refractivity contribution is 5.95. The average Bonchev–Trinajstić information content (AvgIpc) is 2.85. The Morgan fingerprint density at radius 2 is 1.79 bits per heavy atom. The Hall–Kier alpha value is -4.39. The first kappa shape index (κ1) is 22.8. The summed E-state index contributed by atoms with van der Waals surface area (Å²) in [4.78, 5) is 25.9. The Labute approximate surface area is 198 Å². The number of carbonyl (C=O) groups excluding carboxylic acids is 1. The van der Waals surface area contributed by atoms with Crippen LogP contribution < -0.4 is 20.9 Å². The predicted octanol–water partition coefficient (Wildman–Crippen LogP) is 5.22. The molecule has 0 saturated heterocycles. The van der Waals surface area contributed by atoms with E-state index in [4.69, 9.17) is 4.74 Å². The highest BCUT2D eigenvalue weighted by Gasteiger charge is 2.16. The number of carbonyl (C=O) groups is 1. The van der Waals surface area contributed by atoms with Gasteiger partial charge in [0, 0.05) is 17.8 Å². The van der Waals surface area contributed by atoms with Gasteiger partial charge in [-0.05, 0) is 61.4 Å². The number of benzene rings is 3. The zero-order chi connectivity index (χ0) is 23.9. The third kappa shape index (κ3) is 5.32. The Balaban J connectivity index is 1.74. The Morgan fingerprint density at radius 3 is 2.56 bits per heavy atom. The Morgan fingerprint density at radius 1 is 1.00 bits per heavy atom. The van der Waals surface area contributed by atoms with Crippen LogP contribution in [-0.4, -0.2) is 22.2 Å². The molecule has 3 aromatic carbocycles. The molecule has 7 nitrogen and oxygen atoms in total. The first-order valence-electron chi connectivity index (χ1n) is 11.1. The van der Waals surface area contributed by atoms with Crippen molar-refractivity contribution in [2.75, 3.05) is 11.9 Å². The minimum atomic E-state index is -0.378. The van der Waals surface area contributed by atoms with Gasteiger partial charge in [-0.25, -0.2) is 0 Å². The lowest BCUT2D eigenvalue weighted by Crippen LogP contribution is -2.25. The summed E-state index contributed by atoms with van der Waals surface area (Å²) in [7, 11) is 0. The molecule has 0 aliphatic rings. The second-order valence-corrected chi connectivity index (χ2v) is 7.82. The lowest BCUT2D eigenvalue weighted by Gasteiger charge is -2.15. The second-order valence-electron chi connectivity index (χ2n) is 7.82. The van der Waals surface area contributed by atoms with Gasteiger partial charge in [-0.2, -0.15) is 9.78 Å². The molecule has 1 aromatic heterocycles. The number of aromatic nitrogens is 2. The maximum Gasteiger partial charge on any atom is 0.299 e. The number of rotatable bonds is 8. The van der Waals surface area contributed by atoms with Gasteiger partial charge in [-0.3, -0.25) is 9.59 Å². The smallest absolute Gasteiger partial charge is 0.299 e. The van der Waals surface area contributed by atoms with Crippen molar-refractivity contribution < 1.29 is 9.53 Å². The van der Waals surface area contributed by atoms with Crippen LogP contribution in [0.15, 0.2) is 89.9 Å². The minimum Gasteiger partial charge on any atom is -0.453 e. The highest BCUT2D eigenvalue weighted by atomic mass is 16.5. The van der Waals surface area contributed by atoms with Gasteiger partial charge >= 0.3 is 0 Å². The fourth-order valence-corrected chi connectivity index (χ4v) is 3.41. The number of anilines is 2. The molecule has 0 saturated carbocycles. The first-order valence-corrected chi connectivity index (χ1v) is 11.1. The Bertz CT molecular complexity index is 1350. The summed E-state index contributed by atoms with van der Waals surface area (Å²) in [5.74, 6) is 0.705. The topological polar surface area (TPSA) is 85.2 Å². The molecule has 0 fully saturated rings. The molecule has 0 aliphatic heterocycles. The van der Waals surface area contributed by atoms with Crippen LogP contribution in [0, 0.1) is 6.92 Å². The van der Waals surface area contributed by atoms with Gasteiger partial charge in [0.05, 0.1) is 11.9 Å². The molecule has 2 N–H and O–H groups in total. The summed E-state index contributed by atoms with van der Waals surface area (Å²) in [6.45, 7) is 4.55. The van der Waals surface area contributed by atoms with Crippen molar-refractivity contribution in [3.63, 3.8) is 0 Å². The van der Waals surface area contributed by atoms with Crippen LogP contribution in [0.2, 0.25) is 0 Å². The lowest BCUT2D eigenvalue weighted by atomic mass is 10.2. The summed E-state index contributed by atoms with van der Waals surface area (Å²) in [6, 6.07) is 23.7. The molecule has 1 heterocycles. The van der Waals surface area contributed by atoms with Gasteiger partial charge in [-0.1, -0.05) is 43.3 Å². The normalized spacial score (nSPS) is 10.5. The largest absolute Gasteiger partial charge is 0.453 e. The minimum absolute atomic E-state index is 0.168. The molecule has 0 radical (unpaired) electrons. The Kier molecular flexibility index (Phi) is 7.03. The molecule has 0 atom stereocenters. The molecule has 0 unspecified atom stereocenters. The first-order chi connectivity index (χ1) is 16.5. The molecule has 0 bridgehead atoms. The van der Waals surface area contributed by atoms with E-state index in [-0.39, 0.29) is 22.9 Å². The van der Waals surface area contributed by atoms with Crippen LogP contribution in [0.5, 0.6) is 11.5 Å². The van der Waals surface area contributed by atoms with Crippen molar-refractivity contribution in [3.8, 4) is 17.2 Å². The van der Waals surface area contributed by atoms with Crippen LogP contribution >= 0.6 is 0 Å². The summed E-state index contributed by atoms with van der Waals surface area (Å²) in [5.41, 5.74) is 2.58. The van der Waals surface area contributed by atoms with Crippen LogP contribution in [0.3, 0.4) is 0 Å². The van der Waals surface area contributed by atoms with E-state index in [0.717, 1.165) is 12.0 Å². The number of hydrogen-bond donors (Lipinski definition) is 2. The number of nitrogens with zero attached hydrogens (tertiary/aromatic N) is 2. The van der Waals surface area contributed by atoms with Crippen molar-refractivity contribution >= 4 is 17.3 Å². The number of para-hydroxylation sites is 1. The number of nitrogens with one attached hydrogen (secondary N) is 2. The molecule has 4 rings (SSSR count). The van der Waals surface area contributed by atoms with Crippen LogP contribution in [0.4, 0.5) is 11.4 Å². The maximum atomic E-state index is 13.5. The van der Waals surface area contributed by atoms with Crippen LogP contribution in [0.25, 0.3) is 5.69 Å². The van der Waals surface area contributed by atoms with Gasteiger partial charge in [0.2, 0.25) is 0 Å². The highest BCUT2D eigenvalue weighted by Crippen LogP contribution is 2.29. The van der Waals surface area contributed by atoms with Crippen molar-refractivity contribution in [1.82, 2.24) is 15.1 Å². The van der Waals surface area contributed by atoms with E-state index in [9.17, 15) is 9.59 Å². The van der Waals surface area contributed by atoms with Gasteiger partial charge in [-0.15, -0.1) is 0 Å². The monoisotopic (exact) mass is 454 g/mol. The standard InChI is InChI=1S/C27H26N4O3/c1-3-15-28-26(32)20-10-8-11-21(17-20)30-25-24(34-23-14-7-9-19(2)16-23)18-29-31(27(25)33)22-12-5-4-6-13-22/h4-14,16-18,30H,3,15H2,1-2H3,(H,28,32). The quantitative estimate of drug-likeness (QED) is 0.381. The van der Waals surface area contributed by atoms with Crippen molar-refractivity contribution in [2.24, 2.45) is 0 Å². The van der Waals surface area contributed by atoms with Crippen LogP contribution in [-0.2, 0) is 0 Å². The average molecular weight is 455 g/mol. The zero-order valence-electron chi connectivity index (χ0n) is 19.1. The molecule has 0 spiro atoms. The van der Waals surface area contributed by atoms with E-state index in [1.165, 1.54) is 10.9 Å². The zero-order valence-corrected chi connectivity index (χ0v) is 19.1. The van der Waals surface area contributed by atoms with E-state index in [2.05, 4.69) is 15.7 Å². The third-order valence-corrected chi connectivity index (χ3v) is 5.09. The third-order valence-electron chi connectivity index (χ3n) is 5.09. The summed E-state index contributed by atoms with van der Waals surface area (Å²) >= 11 is 0. The fraction of sp³-hybridized carbons (Fsp3) is 0.148. The van der Waals surface area contributed by atoms with Gasteiger partial charge in [0.1, 0.15) is 5.75 Å². The maximum absolute atomic E-state index is 13.5. The molecule has 172 valence electrons. The number of ether oxygens (including phenoxy) is 1. The SMILES string of the molecule is CCCNC(=O)c1cccc(Nc2c(Oc3cccc(C)c3)cnn(-c3ccccc3)c2=O)c1. The predicted molar refractivity (Wildman–Crippen MR) is 133 cm³/mol. The summed E-state index contributed by atoms with van der Waals surface area (Å²) in [6.07, 6.45) is 2.36. The number of amides is 1. The van der Waals surface area contributed by atoms with E-state index in [1.54, 1.807) is 36.4 Å². The molecular formula is C27H26N4O3. The van der Waals surface area contributed by atoms with E-state index >= 15 is 0 Å².